The lowest BCUT2D eigenvalue weighted by molar-refractivity contribution is 0.329. The molecule has 0 aliphatic carbocycles. The summed E-state index contributed by atoms with van der Waals surface area (Å²) in [6.45, 7) is 0.868. The highest BCUT2D eigenvalue weighted by Gasteiger charge is 2.02. The number of nitrogens with zero attached hydrogens (tertiary/aromatic N) is 1. The van der Waals surface area contributed by atoms with E-state index >= 15 is 0 Å². The second-order valence-corrected chi connectivity index (χ2v) is 4.83. The summed E-state index contributed by atoms with van der Waals surface area (Å²) in [5, 5.41) is 3.67. The van der Waals surface area contributed by atoms with Crippen LogP contribution < -0.4 is 20.5 Å². The average Bonchev–Trinajstić information content (AvgIpc) is 2.54. The van der Waals surface area contributed by atoms with Gasteiger partial charge in [0.25, 0.3) is 0 Å². The number of para-hydroxylation sites is 2. The summed E-state index contributed by atoms with van der Waals surface area (Å²) in [5.41, 5.74) is 6.61. The monoisotopic (exact) mass is 447 g/mol. The molecule has 124 valence electrons. The molecule has 0 amide bonds. The van der Waals surface area contributed by atoms with Crippen LogP contribution in [0.1, 0.15) is 0 Å². The summed E-state index contributed by atoms with van der Waals surface area (Å²) in [5.74, 6) is 1.76. The van der Waals surface area contributed by atoms with Gasteiger partial charge in [-0.25, -0.2) is 4.99 Å². The Hall–Kier alpha value is -1.67. The SMILES string of the molecule is COc1ccccc1NC(N)=NCCOc1ccc(Cl)cc1.I. The standard InChI is InChI=1S/C16H18ClN3O2.HI/c1-21-15-5-3-2-4-14(15)20-16(18)19-10-11-22-13-8-6-12(17)7-9-13;/h2-9H,10-11H2,1H3,(H3,18,19,20);1H. The molecule has 0 unspecified atom stereocenters. The number of anilines is 1. The van der Waals surface area contributed by atoms with Crippen LogP contribution in [0.25, 0.3) is 0 Å². The van der Waals surface area contributed by atoms with Gasteiger partial charge in [-0.15, -0.1) is 24.0 Å². The van der Waals surface area contributed by atoms with Crippen LogP contribution in [0, 0.1) is 0 Å². The minimum atomic E-state index is 0. The molecule has 3 N–H and O–H groups in total. The zero-order chi connectivity index (χ0) is 15.8. The van der Waals surface area contributed by atoms with E-state index in [0.717, 1.165) is 11.4 Å². The summed E-state index contributed by atoms with van der Waals surface area (Å²) < 4.78 is 10.8. The van der Waals surface area contributed by atoms with Gasteiger partial charge < -0.3 is 20.5 Å². The first-order chi connectivity index (χ1) is 10.7. The molecule has 0 bridgehead atoms. The second-order valence-electron chi connectivity index (χ2n) is 4.39. The minimum absolute atomic E-state index is 0. The first kappa shape index (κ1) is 19.4. The number of nitrogens with one attached hydrogen (secondary N) is 1. The van der Waals surface area contributed by atoms with Crippen LogP contribution in [0.2, 0.25) is 5.02 Å². The number of halogens is 2. The van der Waals surface area contributed by atoms with Crippen molar-refractivity contribution in [1.82, 2.24) is 0 Å². The molecular weight excluding hydrogens is 429 g/mol. The fourth-order valence-corrected chi connectivity index (χ4v) is 1.91. The Morgan fingerprint density at radius 2 is 1.87 bits per heavy atom. The lowest BCUT2D eigenvalue weighted by Gasteiger charge is -2.10. The highest BCUT2D eigenvalue weighted by molar-refractivity contribution is 14.0. The third-order valence-electron chi connectivity index (χ3n) is 2.83. The molecule has 0 saturated carbocycles. The zero-order valence-corrected chi connectivity index (χ0v) is 15.7. The molecule has 0 radical (unpaired) electrons. The summed E-state index contributed by atoms with van der Waals surface area (Å²) in [6.07, 6.45) is 0. The number of benzene rings is 2. The van der Waals surface area contributed by atoms with E-state index in [1.165, 1.54) is 0 Å². The molecule has 2 rings (SSSR count). The molecule has 2 aromatic rings. The summed E-state index contributed by atoms with van der Waals surface area (Å²) >= 11 is 5.80. The maximum atomic E-state index is 5.84. The zero-order valence-electron chi connectivity index (χ0n) is 12.7. The van der Waals surface area contributed by atoms with E-state index in [4.69, 9.17) is 26.8 Å². The van der Waals surface area contributed by atoms with Crippen molar-refractivity contribution in [3.05, 3.63) is 53.6 Å². The van der Waals surface area contributed by atoms with Gasteiger partial charge in [0.1, 0.15) is 18.1 Å². The van der Waals surface area contributed by atoms with Crippen LogP contribution in [-0.2, 0) is 0 Å². The van der Waals surface area contributed by atoms with Gasteiger partial charge in [-0.1, -0.05) is 23.7 Å². The normalized spacial score (nSPS) is 10.6. The van der Waals surface area contributed by atoms with Gasteiger partial charge in [-0.3, -0.25) is 0 Å². The van der Waals surface area contributed by atoms with E-state index in [2.05, 4.69) is 10.3 Å². The van der Waals surface area contributed by atoms with Crippen molar-refractivity contribution in [1.29, 1.82) is 0 Å². The smallest absolute Gasteiger partial charge is 0.193 e. The van der Waals surface area contributed by atoms with Crippen molar-refractivity contribution < 1.29 is 9.47 Å². The van der Waals surface area contributed by atoms with Crippen LogP contribution >= 0.6 is 35.6 Å². The van der Waals surface area contributed by atoms with Crippen LogP contribution in [0.4, 0.5) is 5.69 Å². The number of aliphatic imine (C=N–C) groups is 1. The van der Waals surface area contributed by atoms with Gasteiger partial charge >= 0.3 is 0 Å². The summed E-state index contributed by atoms with van der Waals surface area (Å²) in [7, 11) is 1.60. The van der Waals surface area contributed by atoms with Crippen LogP contribution in [0.5, 0.6) is 11.5 Å². The van der Waals surface area contributed by atoms with E-state index in [9.17, 15) is 0 Å². The van der Waals surface area contributed by atoms with E-state index in [1.54, 1.807) is 19.2 Å². The Balaban J connectivity index is 0.00000264. The molecule has 23 heavy (non-hydrogen) atoms. The first-order valence-corrected chi connectivity index (χ1v) is 7.15. The third kappa shape index (κ3) is 6.54. The van der Waals surface area contributed by atoms with E-state index < -0.39 is 0 Å². The Bertz CT molecular complexity index is 635. The molecule has 0 heterocycles. The highest BCUT2D eigenvalue weighted by Crippen LogP contribution is 2.22. The predicted molar refractivity (Wildman–Crippen MR) is 105 cm³/mol. The molecule has 0 fully saturated rings. The number of ether oxygens (including phenoxy) is 2. The topological polar surface area (TPSA) is 68.9 Å². The third-order valence-corrected chi connectivity index (χ3v) is 3.08. The molecular formula is C16H19ClIN3O2. The van der Waals surface area contributed by atoms with Crippen LogP contribution in [0.3, 0.4) is 0 Å². The van der Waals surface area contributed by atoms with E-state index in [0.29, 0.717) is 29.9 Å². The van der Waals surface area contributed by atoms with Crippen LogP contribution in [0.15, 0.2) is 53.5 Å². The van der Waals surface area contributed by atoms with Gasteiger partial charge in [0.15, 0.2) is 5.96 Å². The van der Waals surface area contributed by atoms with Gasteiger partial charge in [-0.2, -0.15) is 0 Å². The number of guanidine groups is 1. The lowest BCUT2D eigenvalue weighted by Crippen LogP contribution is -2.23. The second kappa shape index (κ2) is 10.2. The lowest BCUT2D eigenvalue weighted by atomic mass is 10.3. The van der Waals surface area contributed by atoms with Gasteiger partial charge in [0.05, 0.1) is 19.3 Å². The maximum Gasteiger partial charge on any atom is 0.193 e. The van der Waals surface area contributed by atoms with Gasteiger partial charge in [-0.05, 0) is 36.4 Å². The van der Waals surface area contributed by atoms with Crippen molar-refractivity contribution in [2.24, 2.45) is 10.7 Å². The fourth-order valence-electron chi connectivity index (χ4n) is 1.79. The Morgan fingerprint density at radius 1 is 1.17 bits per heavy atom. The summed E-state index contributed by atoms with van der Waals surface area (Å²) in [4.78, 5) is 4.20. The van der Waals surface area contributed by atoms with Crippen molar-refractivity contribution >= 4 is 47.2 Å². The fraction of sp³-hybridized carbons (Fsp3) is 0.188. The first-order valence-electron chi connectivity index (χ1n) is 6.77. The van der Waals surface area contributed by atoms with Gasteiger partial charge in [0.2, 0.25) is 0 Å². The number of hydrogen-bond acceptors (Lipinski definition) is 3. The maximum absolute atomic E-state index is 5.84. The van der Waals surface area contributed by atoms with Gasteiger partial charge in [0, 0.05) is 5.02 Å². The Kier molecular flexibility index (Phi) is 8.57. The Labute approximate surface area is 157 Å². The number of rotatable bonds is 6. The molecule has 0 spiro atoms. The van der Waals surface area contributed by atoms with Crippen molar-refractivity contribution in [3.8, 4) is 11.5 Å². The van der Waals surface area contributed by atoms with Crippen molar-refractivity contribution in [2.75, 3.05) is 25.6 Å². The molecule has 0 aromatic heterocycles. The molecule has 5 nitrogen and oxygen atoms in total. The van der Waals surface area contributed by atoms with Crippen LogP contribution in [-0.4, -0.2) is 26.2 Å². The Morgan fingerprint density at radius 3 is 2.57 bits per heavy atom. The predicted octanol–water partition coefficient (Wildman–Crippen LogP) is 3.77. The molecule has 0 aliphatic heterocycles. The summed E-state index contributed by atoms with van der Waals surface area (Å²) in [6, 6.07) is 14.7. The highest BCUT2D eigenvalue weighted by atomic mass is 127. The van der Waals surface area contributed by atoms with E-state index in [-0.39, 0.29) is 24.0 Å². The molecule has 0 aliphatic rings. The number of hydrogen-bond donors (Lipinski definition) is 2. The minimum Gasteiger partial charge on any atom is -0.495 e. The largest absolute Gasteiger partial charge is 0.495 e. The quantitative estimate of drug-likeness (QED) is 0.306. The molecule has 2 aromatic carbocycles. The van der Waals surface area contributed by atoms with Crippen molar-refractivity contribution in [2.45, 2.75) is 0 Å². The van der Waals surface area contributed by atoms with E-state index in [1.807, 2.05) is 36.4 Å². The number of methoxy groups -OCH3 is 1. The molecule has 0 atom stereocenters. The number of nitrogens with two attached hydrogens (primary N) is 1. The average molecular weight is 448 g/mol. The van der Waals surface area contributed by atoms with Crippen molar-refractivity contribution in [3.63, 3.8) is 0 Å². The molecule has 0 saturated heterocycles. The molecule has 7 heteroatoms.